The number of Topliss-reactive ketones (excluding diaryl/α,β-unsaturated/α-hetero) is 1. The number of nitrogens with zero attached hydrogens (tertiary/aromatic N) is 1. The van der Waals surface area contributed by atoms with Crippen molar-refractivity contribution < 1.29 is 23.8 Å². The Labute approximate surface area is 197 Å². The van der Waals surface area contributed by atoms with Gasteiger partial charge >= 0.3 is 0 Å². The smallest absolute Gasteiger partial charge is 0.295 e. The third-order valence-corrected chi connectivity index (χ3v) is 5.64. The lowest BCUT2D eigenvalue weighted by atomic mass is 9.99. The minimum atomic E-state index is -0.832. The van der Waals surface area contributed by atoms with Gasteiger partial charge in [-0.1, -0.05) is 35.9 Å². The minimum absolute atomic E-state index is 0.00671. The fourth-order valence-corrected chi connectivity index (χ4v) is 4.02. The van der Waals surface area contributed by atoms with Crippen LogP contribution >= 0.6 is 11.6 Å². The molecule has 0 radical (unpaired) electrons. The highest BCUT2D eigenvalue weighted by molar-refractivity contribution is 6.46. The van der Waals surface area contributed by atoms with E-state index in [2.05, 4.69) is 0 Å². The third kappa shape index (κ3) is 4.81. The van der Waals surface area contributed by atoms with Crippen LogP contribution in [0.2, 0.25) is 5.02 Å². The molecule has 0 aliphatic carbocycles. The molecule has 1 amide bonds. The van der Waals surface area contributed by atoms with Crippen molar-refractivity contribution in [3.05, 3.63) is 94.4 Å². The van der Waals surface area contributed by atoms with Crippen molar-refractivity contribution in [1.29, 1.82) is 0 Å². The summed E-state index contributed by atoms with van der Waals surface area (Å²) < 4.78 is 11.3. The summed E-state index contributed by atoms with van der Waals surface area (Å²) in [6.07, 6.45) is 1.94. The predicted octanol–water partition coefficient (Wildman–Crippen LogP) is 5.38. The van der Waals surface area contributed by atoms with Crippen LogP contribution in [0.15, 0.2) is 76.9 Å². The summed E-state index contributed by atoms with van der Waals surface area (Å²) in [7, 11) is 0. The summed E-state index contributed by atoms with van der Waals surface area (Å²) in [5.74, 6) is -0.735. The Hall–Kier alpha value is -3.51. The topological polar surface area (TPSA) is 80.0 Å². The molecule has 1 N–H and O–H groups in total. The van der Waals surface area contributed by atoms with Crippen LogP contribution in [0.1, 0.15) is 36.8 Å². The van der Waals surface area contributed by atoms with Gasteiger partial charge in [0, 0.05) is 17.1 Å². The fraction of sp³-hybridized carbons (Fsp3) is 0.231. The Kier molecular flexibility index (Phi) is 6.56. The van der Waals surface area contributed by atoms with Crippen molar-refractivity contribution in [3.63, 3.8) is 0 Å². The van der Waals surface area contributed by atoms with Gasteiger partial charge in [0.05, 0.1) is 17.9 Å². The quantitative estimate of drug-likeness (QED) is 0.287. The molecule has 1 atom stereocenters. The monoisotopic (exact) mass is 465 g/mol. The van der Waals surface area contributed by atoms with Gasteiger partial charge in [-0.3, -0.25) is 9.59 Å². The van der Waals surface area contributed by atoms with Gasteiger partial charge in [0.25, 0.3) is 11.7 Å². The van der Waals surface area contributed by atoms with Gasteiger partial charge in [-0.15, -0.1) is 0 Å². The van der Waals surface area contributed by atoms with E-state index in [9.17, 15) is 14.7 Å². The Balaban J connectivity index is 1.71. The SMILES string of the molecule is CC(C)Oc1cccc(/C(O)=C2/C(=O)C(=O)N(CCc3ccc(Cl)cc3)C2c2ccco2)c1. The zero-order chi connectivity index (χ0) is 23.5. The average Bonchev–Trinajstić information content (AvgIpc) is 3.40. The fourth-order valence-electron chi connectivity index (χ4n) is 3.90. The molecule has 1 aliphatic rings. The molecule has 0 spiro atoms. The molecule has 3 aromatic rings. The van der Waals surface area contributed by atoms with Crippen molar-refractivity contribution in [2.75, 3.05) is 6.54 Å². The average molecular weight is 466 g/mol. The molecule has 7 heteroatoms. The molecular formula is C26H24ClNO5. The number of benzene rings is 2. The Bertz CT molecular complexity index is 1180. The number of likely N-dealkylation sites (tertiary alicyclic amines) is 1. The van der Waals surface area contributed by atoms with E-state index in [1.807, 2.05) is 26.0 Å². The number of halogens is 1. The van der Waals surface area contributed by atoms with E-state index < -0.39 is 17.7 Å². The summed E-state index contributed by atoms with van der Waals surface area (Å²) in [6, 6.07) is 16.7. The molecule has 33 heavy (non-hydrogen) atoms. The first-order valence-electron chi connectivity index (χ1n) is 10.7. The molecule has 1 fully saturated rings. The first-order valence-corrected chi connectivity index (χ1v) is 11.1. The maximum Gasteiger partial charge on any atom is 0.295 e. The Morgan fingerprint density at radius 1 is 1.12 bits per heavy atom. The second kappa shape index (κ2) is 9.55. The normalized spacial score (nSPS) is 17.7. The maximum absolute atomic E-state index is 13.1. The van der Waals surface area contributed by atoms with E-state index in [4.69, 9.17) is 20.8 Å². The molecule has 6 nitrogen and oxygen atoms in total. The maximum atomic E-state index is 13.1. The zero-order valence-electron chi connectivity index (χ0n) is 18.3. The molecule has 1 saturated heterocycles. The zero-order valence-corrected chi connectivity index (χ0v) is 19.1. The number of carbonyl (C=O) groups is 2. The molecule has 170 valence electrons. The third-order valence-electron chi connectivity index (χ3n) is 5.39. The number of ketones is 1. The molecule has 2 aromatic carbocycles. The largest absolute Gasteiger partial charge is 0.507 e. The predicted molar refractivity (Wildman–Crippen MR) is 125 cm³/mol. The van der Waals surface area contributed by atoms with Crippen molar-refractivity contribution in [2.45, 2.75) is 32.4 Å². The van der Waals surface area contributed by atoms with Crippen LogP contribution in [0.25, 0.3) is 5.76 Å². The molecule has 1 aliphatic heterocycles. The minimum Gasteiger partial charge on any atom is -0.507 e. The lowest BCUT2D eigenvalue weighted by Gasteiger charge is -2.23. The molecule has 1 aromatic heterocycles. The number of rotatable bonds is 7. The number of aliphatic hydroxyl groups is 1. The van der Waals surface area contributed by atoms with Crippen molar-refractivity contribution in [2.24, 2.45) is 0 Å². The molecule has 1 unspecified atom stereocenters. The number of furan rings is 1. The second-order valence-corrected chi connectivity index (χ2v) is 8.52. The van der Waals surface area contributed by atoms with Crippen LogP contribution in [0.3, 0.4) is 0 Å². The van der Waals surface area contributed by atoms with Crippen molar-refractivity contribution in [1.82, 2.24) is 4.90 Å². The van der Waals surface area contributed by atoms with E-state index in [0.717, 1.165) is 5.56 Å². The van der Waals surface area contributed by atoms with Gasteiger partial charge in [0.1, 0.15) is 23.3 Å². The Morgan fingerprint density at radius 3 is 2.55 bits per heavy atom. The number of carbonyl (C=O) groups excluding carboxylic acids is 2. The Morgan fingerprint density at radius 2 is 1.88 bits per heavy atom. The van der Waals surface area contributed by atoms with Gasteiger partial charge in [-0.25, -0.2) is 0 Å². The number of hydrogen-bond acceptors (Lipinski definition) is 5. The molecule has 2 heterocycles. The standard InChI is InChI=1S/C26H24ClNO5/c1-16(2)33-20-6-3-5-18(15-20)24(29)22-23(21-7-4-14-32-21)28(26(31)25(22)30)13-12-17-8-10-19(27)11-9-17/h3-11,14-16,23,29H,12-13H2,1-2H3/b24-22-. The highest BCUT2D eigenvalue weighted by Crippen LogP contribution is 2.40. The highest BCUT2D eigenvalue weighted by atomic mass is 35.5. The summed E-state index contributed by atoms with van der Waals surface area (Å²) in [4.78, 5) is 27.5. The van der Waals surface area contributed by atoms with Gasteiger partial charge in [0.2, 0.25) is 0 Å². The summed E-state index contributed by atoms with van der Waals surface area (Å²) in [6.45, 7) is 4.07. The van der Waals surface area contributed by atoms with Gasteiger partial charge in [-0.05, 0) is 62.2 Å². The summed E-state index contributed by atoms with van der Waals surface area (Å²) >= 11 is 5.96. The van der Waals surface area contributed by atoms with Crippen LogP contribution in [-0.4, -0.2) is 34.3 Å². The van der Waals surface area contributed by atoms with E-state index in [-0.39, 0.29) is 24.0 Å². The second-order valence-electron chi connectivity index (χ2n) is 8.08. The van der Waals surface area contributed by atoms with E-state index in [1.54, 1.807) is 48.5 Å². The van der Waals surface area contributed by atoms with Crippen LogP contribution < -0.4 is 4.74 Å². The number of amides is 1. The van der Waals surface area contributed by atoms with E-state index >= 15 is 0 Å². The number of aliphatic hydroxyl groups excluding tert-OH is 1. The molecule has 4 rings (SSSR count). The van der Waals surface area contributed by atoms with Crippen LogP contribution in [0, 0.1) is 0 Å². The first kappa shape index (κ1) is 22.7. The lowest BCUT2D eigenvalue weighted by Crippen LogP contribution is -2.31. The van der Waals surface area contributed by atoms with E-state index in [1.165, 1.54) is 11.2 Å². The van der Waals surface area contributed by atoms with Crippen molar-refractivity contribution in [3.8, 4) is 5.75 Å². The molecular weight excluding hydrogens is 442 g/mol. The number of ether oxygens (including phenoxy) is 1. The van der Waals surface area contributed by atoms with Crippen LogP contribution in [-0.2, 0) is 16.0 Å². The lowest BCUT2D eigenvalue weighted by molar-refractivity contribution is -0.140. The van der Waals surface area contributed by atoms with Crippen LogP contribution in [0.5, 0.6) is 5.75 Å². The summed E-state index contributed by atoms with van der Waals surface area (Å²) in [5, 5.41) is 11.8. The van der Waals surface area contributed by atoms with Crippen LogP contribution in [0.4, 0.5) is 0 Å². The van der Waals surface area contributed by atoms with Gasteiger partial charge in [-0.2, -0.15) is 0 Å². The summed E-state index contributed by atoms with van der Waals surface area (Å²) in [5.41, 5.74) is 1.35. The van der Waals surface area contributed by atoms with E-state index in [0.29, 0.717) is 28.5 Å². The molecule has 0 saturated carbocycles. The van der Waals surface area contributed by atoms with Crippen molar-refractivity contribution >= 4 is 29.1 Å². The van der Waals surface area contributed by atoms with Gasteiger partial charge < -0.3 is 19.2 Å². The highest BCUT2D eigenvalue weighted by Gasteiger charge is 2.47. The number of hydrogen-bond donors (Lipinski definition) is 1. The first-order chi connectivity index (χ1) is 15.8. The van der Waals surface area contributed by atoms with Gasteiger partial charge in [0.15, 0.2) is 0 Å². The molecule has 0 bridgehead atoms.